The number of halogens is 1. The van der Waals surface area contributed by atoms with E-state index in [1.807, 2.05) is 6.92 Å². The first-order valence-electron chi connectivity index (χ1n) is 5.85. The SMILES string of the molecule is CCCC(NS(=O)(=O)c1ccc(F)cc1C)C(N)=S. The predicted molar refractivity (Wildman–Crippen MR) is 76.9 cm³/mol. The van der Waals surface area contributed by atoms with Crippen LogP contribution in [0.5, 0.6) is 0 Å². The van der Waals surface area contributed by atoms with Crippen molar-refractivity contribution in [3.63, 3.8) is 0 Å². The Hall–Kier alpha value is -1.05. The fraction of sp³-hybridized carbons (Fsp3) is 0.417. The van der Waals surface area contributed by atoms with Gasteiger partial charge in [0.2, 0.25) is 10.0 Å². The van der Waals surface area contributed by atoms with Gasteiger partial charge in [0.25, 0.3) is 0 Å². The zero-order valence-electron chi connectivity index (χ0n) is 10.8. The van der Waals surface area contributed by atoms with Gasteiger partial charge < -0.3 is 5.73 Å². The van der Waals surface area contributed by atoms with E-state index in [9.17, 15) is 12.8 Å². The van der Waals surface area contributed by atoms with Crippen LogP contribution >= 0.6 is 12.2 Å². The number of sulfonamides is 1. The van der Waals surface area contributed by atoms with Gasteiger partial charge in [0.15, 0.2) is 0 Å². The van der Waals surface area contributed by atoms with Crippen molar-refractivity contribution in [3.8, 4) is 0 Å². The number of benzene rings is 1. The summed E-state index contributed by atoms with van der Waals surface area (Å²) in [4.78, 5) is 0.136. The first-order chi connectivity index (χ1) is 8.77. The lowest BCUT2D eigenvalue weighted by molar-refractivity contribution is 0.565. The fourth-order valence-corrected chi connectivity index (χ4v) is 3.44. The van der Waals surface area contributed by atoms with Gasteiger partial charge >= 0.3 is 0 Å². The van der Waals surface area contributed by atoms with Crippen LogP contribution in [-0.2, 0) is 10.0 Å². The van der Waals surface area contributed by atoms with Crippen LogP contribution < -0.4 is 10.5 Å². The van der Waals surface area contributed by atoms with Gasteiger partial charge in [0.1, 0.15) is 5.82 Å². The van der Waals surface area contributed by atoms with Crippen LogP contribution in [0, 0.1) is 12.7 Å². The van der Waals surface area contributed by atoms with Crippen LogP contribution in [0.2, 0.25) is 0 Å². The molecular formula is C12H17FN2O2S2. The molecule has 0 radical (unpaired) electrons. The number of hydrogen-bond acceptors (Lipinski definition) is 3. The number of thiocarbonyl (C=S) groups is 1. The van der Waals surface area contributed by atoms with Crippen LogP contribution in [0.15, 0.2) is 23.1 Å². The van der Waals surface area contributed by atoms with Gasteiger partial charge in [-0.05, 0) is 37.1 Å². The standard InChI is InChI=1S/C12H17FN2O2S2/c1-3-4-10(12(14)18)15-19(16,17)11-6-5-9(13)7-8(11)2/h5-7,10,15H,3-4H2,1-2H3,(H2,14,18). The Morgan fingerprint density at radius 1 is 1.53 bits per heavy atom. The van der Waals surface area contributed by atoms with Crippen molar-refractivity contribution in [3.05, 3.63) is 29.6 Å². The Kier molecular flexibility index (Phi) is 5.39. The highest BCUT2D eigenvalue weighted by Gasteiger charge is 2.23. The van der Waals surface area contributed by atoms with Gasteiger partial charge in [-0.1, -0.05) is 25.6 Å². The van der Waals surface area contributed by atoms with E-state index in [2.05, 4.69) is 4.72 Å². The Bertz CT molecular complexity index is 573. The number of nitrogens with one attached hydrogen (secondary N) is 1. The molecule has 0 saturated carbocycles. The average molecular weight is 304 g/mol. The molecule has 7 heteroatoms. The summed E-state index contributed by atoms with van der Waals surface area (Å²) in [5, 5.41) is 0. The molecule has 0 spiro atoms. The molecule has 0 heterocycles. The first-order valence-corrected chi connectivity index (χ1v) is 7.75. The zero-order valence-corrected chi connectivity index (χ0v) is 12.4. The van der Waals surface area contributed by atoms with Crippen LogP contribution in [0.3, 0.4) is 0 Å². The molecular weight excluding hydrogens is 287 g/mol. The van der Waals surface area contributed by atoms with E-state index in [-0.39, 0.29) is 9.88 Å². The predicted octanol–water partition coefficient (Wildman–Crippen LogP) is 1.87. The molecule has 0 saturated heterocycles. The second kappa shape index (κ2) is 6.40. The average Bonchev–Trinajstić information content (AvgIpc) is 2.27. The van der Waals surface area contributed by atoms with E-state index in [0.29, 0.717) is 12.0 Å². The van der Waals surface area contributed by atoms with Crippen molar-refractivity contribution < 1.29 is 12.8 Å². The van der Waals surface area contributed by atoms with Gasteiger partial charge in [0.05, 0.1) is 15.9 Å². The lowest BCUT2D eigenvalue weighted by Crippen LogP contribution is -2.43. The molecule has 0 aliphatic carbocycles. The minimum Gasteiger partial charge on any atom is -0.392 e. The van der Waals surface area contributed by atoms with Crippen molar-refractivity contribution in [2.45, 2.75) is 37.6 Å². The molecule has 0 aromatic heterocycles. The molecule has 0 fully saturated rings. The molecule has 19 heavy (non-hydrogen) atoms. The highest BCUT2D eigenvalue weighted by atomic mass is 32.2. The van der Waals surface area contributed by atoms with Gasteiger partial charge in [-0.3, -0.25) is 0 Å². The largest absolute Gasteiger partial charge is 0.392 e. The third kappa shape index (κ3) is 4.22. The van der Waals surface area contributed by atoms with E-state index < -0.39 is 21.9 Å². The zero-order chi connectivity index (χ0) is 14.6. The molecule has 1 unspecified atom stereocenters. The van der Waals surface area contributed by atoms with Crippen molar-refractivity contribution >= 4 is 27.2 Å². The summed E-state index contributed by atoms with van der Waals surface area (Å²) in [6, 6.07) is 2.92. The quantitative estimate of drug-likeness (QED) is 0.787. The maximum absolute atomic E-state index is 13.0. The summed E-state index contributed by atoms with van der Waals surface area (Å²) in [6.45, 7) is 3.44. The van der Waals surface area contributed by atoms with E-state index in [1.54, 1.807) is 0 Å². The first kappa shape index (κ1) is 16.0. The molecule has 0 aliphatic rings. The Balaban J connectivity index is 3.06. The van der Waals surface area contributed by atoms with Crippen molar-refractivity contribution in [1.82, 2.24) is 4.72 Å². The molecule has 0 bridgehead atoms. The van der Waals surface area contributed by atoms with E-state index >= 15 is 0 Å². The number of hydrogen-bond donors (Lipinski definition) is 2. The van der Waals surface area contributed by atoms with E-state index in [0.717, 1.165) is 12.5 Å². The Morgan fingerprint density at radius 2 is 2.16 bits per heavy atom. The molecule has 0 aliphatic heterocycles. The van der Waals surface area contributed by atoms with Crippen molar-refractivity contribution in [2.24, 2.45) is 5.73 Å². The van der Waals surface area contributed by atoms with Gasteiger partial charge in [-0.25, -0.2) is 17.5 Å². The summed E-state index contributed by atoms with van der Waals surface area (Å²) in [5.41, 5.74) is 5.85. The lowest BCUT2D eigenvalue weighted by Gasteiger charge is -2.17. The van der Waals surface area contributed by atoms with Crippen molar-refractivity contribution in [1.29, 1.82) is 0 Å². The maximum atomic E-state index is 13.0. The summed E-state index contributed by atoms with van der Waals surface area (Å²) in [7, 11) is -3.76. The summed E-state index contributed by atoms with van der Waals surface area (Å²) in [5.74, 6) is -0.476. The second-order valence-electron chi connectivity index (χ2n) is 4.27. The normalized spacial score (nSPS) is 13.2. The van der Waals surface area contributed by atoms with E-state index in [1.165, 1.54) is 19.1 Å². The van der Waals surface area contributed by atoms with Crippen molar-refractivity contribution in [2.75, 3.05) is 0 Å². The number of nitrogens with two attached hydrogens (primary N) is 1. The van der Waals surface area contributed by atoms with Crippen LogP contribution in [0.1, 0.15) is 25.3 Å². The molecule has 0 amide bonds. The molecule has 1 atom stereocenters. The van der Waals surface area contributed by atoms with Crippen LogP contribution in [-0.4, -0.2) is 19.4 Å². The summed E-state index contributed by atoms with van der Waals surface area (Å²) < 4.78 is 39.9. The Labute approximate surface area is 118 Å². The monoisotopic (exact) mass is 304 g/mol. The molecule has 106 valence electrons. The van der Waals surface area contributed by atoms with Gasteiger partial charge in [0, 0.05) is 0 Å². The smallest absolute Gasteiger partial charge is 0.241 e. The fourth-order valence-electron chi connectivity index (χ4n) is 1.71. The van der Waals surface area contributed by atoms with Crippen LogP contribution in [0.25, 0.3) is 0 Å². The molecule has 1 aromatic rings. The third-order valence-corrected chi connectivity index (χ3v) is 4.56. The minimum atomic E-state index is -3.76. The van der Waals surface area contributed by atoms with Gasteiger partial charge in [-0.2, -0.15) is 0 Å². The van der Waals surface area contributed by atoms with E-state index in [4.69, 9.17) is 18.0 Å². The number of rotatable bonds is 6. The van der Waals surface area contributed by atoms with Crippen LogP contribution in [0.4, 0.5) is 4.39 Å². The number of aryl methyl sites for hydroxylation is 1. The second-order valence-corrected chi connectivity index (χ2v) is 6.43. The highest BCUT2D eigenvalue weighted by molar-refractivity contribution is 7.89. The molecule has 1 rings (SSSR count). The maximum Gasteiger partial charge on any atom is 0.241 e. The molecule has 3 N–H and O–H groups in total. The highest BCUT2D eigenvalue weighted by Crippen LogP contribution is 2.17. The Morgan fingerprint density at radius 3 is 2.63 bits per heavy atom. The minimum absolute atomic E-state index is 0.0336. The van der Waals surface area contributed by atoms with Gasteiger partial charge in [-0.15, -0.1) is 0 Å². The topological polar surface area (TPSA) is 72.2 Å². The summed E-state index contributed by atoms with van der Waals surface area (Å²) >= 11 is 4.84. The molecule has 4 nitrogen and oxygen atoms in total. The third-order valence-electron chi connectivity index (χ3n) is 2.64. The summed E-state index contributed by atoms with van der Waals surface area (Å²) in [6.07, 6.45) is 1.27. The molecule has 1 aromatic carbocycles. The lowest BCUT2D eigenvalue weighted by atomic mass is 10.2.